The first-order valence-corrected chi connectivity index (χ1v) is 9.93. The minimum absolute atomic E-state index is 0.0501. The van der Waals surface area contributed by atoms with Crippen LogP contribution in [-0.2, 0) is 6.42 Å². The SMILES string of the molecule is Cc1nc2sc3c(c2c2nc(C(=O)N4CCCC4)nn12)[C@@H](C)CCC3. The zero-order chi connectivity index (χ0) is 17.1. The van der Waals surface area contributed by atoms with Crippen LogP contribution in [0.15, 0.2) is 0 Å². The maximum Gasteiger partial charge on any atom is 0.293 e. The monoisotopic (exact) mass is 355 g/mol. The first-order valence-electron chi connectivity index (χ1n) is 9.11. The molecule has 0 radical (unpaired) electrons. The second-order valence-corrected chi connectivity index (χ2v) is 8.33. The molecule has 4 heterocycles. The third-order valence-electron chi connectivity index (χ3n) is 5.52. The lowest BCUT2D eigenvalue weighted by Gasteiger charge is -2.18. The Balaban J connectivity index is 1.74. The quantitative estimate of drug-likeness (QED) is 0.672. The van der Waals surface area contributed by atoms with Crippen molar-refractivity contribution < 1.29 is 4.79 Å². The number of likely N-dealkylation sites (tertiary alicyclic amines) is 1. The van der Waals surface area contributed by atoms with E-state index in [-0.39, 0.29) is 5.91 Å². The van der Waals surface area contributed by atoms with Crippen molar-refractivity contribution >= 4 is 33.1 Å². The minimum Gasteiger partial charge on any atom is -0.336 e. The molecule has 0 N–H and O–H groups in total. The average molecular weight is 355 g/mol. The van der Waals surface area contributed by atoms with Crippen LogP contribution >= 0.6 is 11.3 Å². The molecule has 6 nitrogen and oxygen atoms in total. The molecule has 1 saturated heterocycles. The molecular formula is C18H21N5OS. The van der Waals surface area contributed by atoms with Gasteiger partial charge in [0, 0.05) is 18.0 Å². The van der Waals surface area contributed by atoms with Gasteiger partial charge in [0.15, 0.2) is 5.65 Å². The van der Waals surface area contributed by atoms with Crippen LogP contribution in [-0.4, -0.2) is 43.5 Å². The number of nitrogens with zero attached hydrogens (tertiary/aromatic N) is 5. The molecule has 1 atom stereocenters. The lowest BCUT2D eigenvalue weighted by atomic mass is 9.87. The highest BCUT2D eigenvalue weighted by molar-refractivity contribution is 7.19. The third kappa shape index (κ3) is 2.21. The Morgan fingerprint density at radius 3 is 2.80 bits per heavy atom. The normalized spacial score (nSPS) is 20.6. The van der Waals surface area contributed by atoms with Crippen molar-refractivity contribution in [3.05, 3.63) is 22.1 Å². The van der Waals surface area contributed by atoms with Crippen LogP contribution < -0.4 is 0 Å². The molecule has 1 amide bonds. The van der Waals surface area contributed by atoms with Gasteiger partial charge in [-0.1, -0.05) is 6.92 Å². The number of hydrogen-bond donors (Lipinski definition) is 0. The van der Waals surface area contributed by atoms with Crippen LogP contribution in [0, 0.1) is 6.92 Å². The van der Waals surface area contributed by atoms with E-state index >= 15 is 0 Å². The summed E-state index contributed by atoms with van der Waals surface area (Å²) >= 11 is 1.79. The molecule has 0 saturated carbocycles. The van der Waals surface area contributed by atoms with Crippen molar-refractivity contribution in [3.63, 3.8) is 0 Å². The van der Waals surface area contributed by atoms with Crippen LogP contribution in [0.3, 0.4) is 0 Å². The molecule has 1 aliphatic heterocycles. The molecular weight excluding hydrogens is 334 g/mol. The molecule has 7 heteroatoms. The predicted molar refractivity (Wildman–Crippen MR) is 97.4 cm³/mol. The van der Waals surface area contributed by atoms with Crippen LogP contribution in [0.1, 0.15) is 65.4 Å². The Morgan fingerprint density at radius 2 is 2.00 bits per heavy atom. The highest BCUT2D eigenvalue weighted by atomic mass is 32.1. The topological polar surface area (TPSA) is 63.4 Å². The van der Waals surface area contributed by atoms with Crippen LogP contribution in [0.2, 0.25) is 0 Å². The molecule has 130 valence electrons. The van der Waals surface area contributed by atoms with Crippen molar-refractivity contribution in [2.45, 2.75) is 51.9 Å². The number of rotatable bonds is 1. The van der Waals surface area contributed by atoms with E-state index in [2.05, 4.69) is 17.0 Å². The van der Waals surface area contributed by atoms with Gasteiger partial charge in [0.1, 0.15) is 10.7 Å². The smallest absolute Gasteiger partial charge is 0.293 e. The Hall–Kier alpha value is -2.02. The van der Waals surface area contributed by atoms with Crippen molar-refractivity contribution in [3.8, 4) is 0 Å². The number of amides is 1. The van der Waals surface area contributed by atoms with Gasteiger partial charge in [0.25, 0.3) is 5.91 Å². The number of aryl methyl sites for hydroxylation is 2. The summed E-state index contributed by atoms with van der Waals surface area (Å²) in [7, 11) is 0. The number of hydrogen-bond acceptors (Lipinski definition) is 5. The van der Waals surface area contributed by atoms with E-state index in [1.165, 1.54) is 23.3 Å². The van der Waals surface area contributed by atoms with E-state index in [0.717, 1.165) is 54.0 Å². The van der Waals surface area contributed by atoms with E-state index in [0.29, 0.717) is 11.7 Å². The van der Waals surface area contributed by atoms with Gasteiger partial charge >= 0.3 is 0 Å². The van der Waals surface area contributed by atoms with Crippen molar-refractivity contribution in [1.82, 2.24) is 24.5 Å². The standard InChI is InChI=1S/C18H21N5OS/c1-10-6-5-7-12-13(10)14-16-20-15(18(24)22-8-3-4-9-22)21-23(16)11(2)19-17(14)25-12/h10H,3-9H2,1-2H3/t10-/m0/s1. The van der Waals surface area contributed by atoms with E-state index in [1.807, 2.05) is 11.8 Å². The molecule has 0 spiro atoms. The van der Waals surface area contributed by atoms with E-state index < -0.39 is 0 Å². The van der Waals surface area contributed by atoms with Crippen LogP contribution in [0.5, 0.6) is 0 Å². The number of carbonyl (C=O) groups is 1. The lowest BCUT2D eigenvalue weighted by molar-refractivity contribution is 0.0781. The largest absolute Gasteiger partial charge is 0.336 e. The third-order valence-corrected chi connectivity index (χ3v) is 6.68. The maximum absolute atomic E-state index is 12.7. The molecule has 3 aromatic rings. The van der Waals surface area contributed by atoms with E-state index in [4.69, 9.17) is 4.98 Å². The first-order chi connectivity index (χ1) is 12.1. The summed E-state index contributed by atoms with van der Waals surface area (Å²) in [5, 5.41) is 5.63. The summed E-state index contributed by atoms with van der Waals surface area (Å²) in [6, 6.07) is 0. The fraction of sp³-hybridized carbons (Fsp3) is 0.556. The molecule has 0 bridgehead atoms. The Labute approximate surface area is 149 Å². The highest BCUT2D eigenvalue weighted by Crippen LogP contribution is 2.42. The minimum atomic E-state index is -0.0501. The number of carbonyl (C=O) groups excluding carboxylic acids is 1. The Kier molecular flexibility index (Phi) is 3.35. The molecule has 0 aromatic carbocycles. The Bertz CT molecular complexity index is 998. The summed E-state index contributed by atoms with van der Waals surface area (Å²) in [6.45, 7) is 5.85. The average Bonchev–Trinajstić information content (AvgIpc) is 3.32. The fourth-order valence-corrected chi connectivity index (χ4v) is 5.61. The molecule has 0 unspecified atom stereocenters. The summed E-state index contributed by atoms with van der Waals surface area (Å²) in [6.07, 6.45) is 5.70. The van der Waals surface area contributed by atoms with E-state index in [1.54, 1.807) is 15.9 Å². The zero-order valence-electron chi connectivity index (χ0n) is 14.6. The van der Waals surface area contributed by atoms with Gasteiger partial charge < -0.3 is 4.90 Å². The summed E-state index contributed by atoms with van der Waals surface area (Å²) < 4.78 is 1.76. The zero-order valence-corrected chi connectivity index (χ0v) is 15.4. The van der Waals surface area contributed by atoms with Gasteiger partial charge in [-0.15, -0.1) is 16.4 Å². The number of aromatic nitrogens is 4. The molecule has 25 heavy (non-hydrogen) atoms. The number of thiophene rings is 1. The number of fused-ring (bicyclic) bond motifs is 5. The van der Waals surface area contributed by atoms with Crippen molar-refractivity contribution in [2.24, 2.45) is 0 Å². The predicted octanol–water partition coefficient (Wildman–Crippen LogP) is 3.32. The Morgan fingerprint density at radius 1 is 1.20 bits per heavy atom. The van der Waals surface area contributed by atoms with Crippen LogP contribution in [0.25, 0.3) is 15.9 Å². The second kappa shape index (κ2) is 5.49. The van der Waals surface area contributed by atoms with Gasteiger partial charge in [-0.05, 0) is 50.5 Å². The van der Waals surface area contributed by atoms with Crippen molar-refractivity contribution in [1.29, 1.82) is 0 Å². The summed E-state index contributed by atoms with van der Waals surface area (Å²) in [5.74, 6) is 1.57. The first kappa shape index (κ1) is 15.3. The fourth-order valence-electron chi connectivity index (χ4n) is 4.24. The van der Waals surface area contributed by atoms with Gasteiger partial charge in [-0.2, -0.15) is 4.52 Å². The molecule has 5 rings (SSSR count). The molecule has 2 aliphatic rings. The maximum atomic E-state index is 12.7. The van der Waals surface area contributed by atoms with Gasteiger partial charge in [0.2, 0.25) is 5.82 Å². The van der Waals surface area contributed by atoms with Crippen molar-refractivity contribution in [2.75, 3.05) is 13.1 Å². The highest BCUT2D eigenvalue weighted by Gasteiger charge is 2.28. The van der Waals surface area contributed by atoms with Crippen LogP contribution in [0.4, 0.5) is 0 Å². The van der Waals surface area contributed by atoms with E-state index in [9.17, 15) is 4.79 Å². The van der Waals surface area contributed by atoms with Gasteiger partial charge in [0.05, 0.1) is 5.39 Å². The van der Waals surface area contributed by atoms with Gasteiger partial charge in [-0.25, -0.2) is 9.97 Å². The summed E-state index contributed by atoms with van der Waals surface area (Å²) in [4.78, 5) is 26.5. The summed E-state index contributed by atoms with van der Waals surface area (Å²) in [5.41, 5.74) is 2.19. The molecule has 1 fully saturated rings. The van der Waals surface area contributed by atoms with Gasteiger partial charge in [-0.3, -0.25) is 4.79 Å². The molecule has 3 aromatic heterocycles. The lowest BCUT2D eigenvalue weighted by Crippen LogP contribution is -2.28. The molecule has 1 aliphatic carbocycles. The second-order valence-electron chi connectivity index (χ2n) is 7.24.